The summed E-state index contributed by atoms with van der Waals surface area (Å²) in [5.74, 6) is -0.359. The monoisotopic (exact) mass is 379 g/mol. The van der Waals surface area contributed by atoms with Crippen molar-refractivity contribution in [3.63, 3.8) is 0 Å². The quantitative estimate of drug-likeness (QED) is 0.639. The Morgan fingerprint density at radius 3 is 2.80 bits per heavy atom. The Bertz CT molecular complexity index is 958. The van der Waals surface area contributed by atoms with Gasteiger partial charge in [0, 0.05) is 5.69 Å². The predicted molar refractivity (Wildman–Crippen MR) is 97.4 cm³/mol. The van der Waals surface area contributed by atoms with Crippen LogP contribution in [0.15, 0.2) is 24.5 Å². The van der Waals surface area contributed by atoms with E-state index in [1.54, 1.807) is 19.9 Å². The molecular weight excluding hydrogens is 365 g/mol. The maximum atomic E-state index is 13.3. The molecule has 2 aromatic heterocycles. The van der Waals surface area contributed by atoms with E-state index in [1.165, 1.54) is 29.8 Å². The molecular formula is C17H15ClFN3O2S. The molecule has 0 atom stereocenters. The van der Waals surface area contributed by atoms with Crippen LogP contribution in [-0.2, 0) is 4.74 Å². The lowest BCUT2D eigenvalue weighted by Gasteiger charge is -2.08. The molecule has 0 spiro atoms. The molecule has 1 aromatic carbocycles. The number of carbonyl (C=O) groups excluding carboxylic acids is 1. The van der Waals surface area contributed by atoms with Crippen molar-refractivity contribution in [3.05, 3.63) is 45.8 Å². The molecule has 0 radical (unpaired) electrons. The van der Waals surface area contributed by atoms with Crippen LogP contribution in [0, 0.1) is 12.7 Å². The number of fused-ring (bicyclic) bond motifs is 1. The van der Waals surface area contributed by atoms with Gasteiger partial charge in [-0.15, -0.1) is 11.3 Å². The first kappa shape index (κ1) is 17.6. The van der Waals surface area contributed by atoms with Crippen LogP contribution in [0.2, 0.25) is 5.02 Å². The minimum Gasteiger partial charge on any atom is -0.459 e. The SMILES string of the molecule is Cc1c(C(=O)OC(C)C)sc2ncnc(Nc3ccc(F)c(Cl)c3)c12. The van der Waals surface area contributed by atoms with E-state index < -0.39 is 5.82 Å². The molecule has 5 nitrogen and oxygen atoms in total. The number of hydrogen-bond donors (Lipinski definition) is 1. The summed E-state index contributed by atoms with van der Waals surface area (Å²) in [4.78, 5) is 21.9. The maximum absolute atomic E-state index is 13.3. The maximum Gasteiger partial charge on any atom is 0.348 e. The van der Waals surface area contributed by atoms with Crippen LogP contribution >= 0.6 is 22.9 Å². The van der Waals surface area contributed by atoms with E-state index in [-0.39, 0.29) is 17.1 Å². The lowest BCUT2D eigenvalue weighted by Crippen LogP contribution is -2.11. The zero-order chi connectivity index (χ0) is 18.1. The van der Waals surface area contributed by atoms with Crippen molar-refractivity contribution < 1.29 is 13.9 Å². The molecule has 0 aliphatic rings. The molecule has 0 fully saturated rings. The van der Waals surface area contributed by atoms with E-state index in [1.807, 2.05) is 6.92 Å². The summed E-state index contributed by atoms with van der Waals surface area (Å²) < 4.78 is 18.6. The average molecular weight is 380 g/mol. The highest BCUT2D eigenvalue weighted by atomic mass is 35.5. The number of aromatic nitrogens is 2. The number of rotatable bonds is 4. The van der Waals surface area contributed by atoms with Gasteiger partial charge in [0.25, 0.3) is 0 Å². The number of nitrogens with one attached hydrogen (secondary N) is 1. The fraction of sp³-hybridized carbons (Fsp3) is 0.235. The number of ether oxygens (including phenoxy) is 1. The van der Waals surface area contributed by atoms with Gasteiger partial charge < -0.3 is 10.1 Å². The molecule has 130 valence electrons. The first-order chi connectivity index (χ1) is 11.9. The highest BCUT2D eigenvalue weighted by molar-refractivity contribution is 7.20. The minimum absolute atomic E-state index is 0.0125. The molecule has 8 heteroatoms. The first-order valence-corrected chi connectivity index (χ1v) is 8.73. The van der Waals surface area contributed by atoms with Gasteiger partial charge >= 0.3 is 5.97 Å². The molecule has 0 aliphatic heterocycles. The fourth-order valence-electron chi connectivity index (χ4n) is 2.34. The molecule has 0 bridgehead atoms. The topological polar surface area (TPSA) is 64.1 Å². The Morgan fingerprint density at radius 1 is 1.36 bits per heavy atom. The zero-order valence-corrected chi connectivity index (χ0v) is 15.3. The normalized spacial score (nSPS) is 11.1. The van der Waals surface area contributed by atoms with Crippen LogP contribution in [0.3, 0.4) is 0 Å². The number of aryl methyl sites for hydroxylation is 1. The standard InChI is InChI=1S/C17H15ClFN3O2S/c1-8(2)24-17(23)14-9(3)13-15(20-7-21-16(13)25-14)22-10-4-5-12(19)11(18)6-10/h4-8H,1-3H3,(H,20,21,22). The molecule has 0 amide bonds. The molecule has 0 unspecified atom stereocenters. The number of halogens is 2. The molecule has 0 saturated heterocycles. The number of hydrogen-bond acceptors (Lipinski definition) is 6. The predicted octanol–water partition coefficient (Wildman–Crippen LogP) is 5.10. The molecule has 25 heavy (non-hydrogen) atoms. The summed E-state index contributed by atoms with van der Waals surface area (Å²) in [5.41, 5.74) is 1.32. The summed E-state index contributed by atoms with van der Waals surface area (Å²) in [6.45, 7) is 5.42. The second-order valence-corrected chi connectivity index (χ2v) is 7.07. The van der Waals surface area contributed by atoms with Crippen LogP contribution in [0.1, 0.15) is 29.1 Å². The summed E-state index contributed by atoms with van der Waals surface area (Å²) in [6.07, 6.45) is 1.20. The summed E-state index contributed by atoms with van der Waals surface area (Å²) >= 11 is 7.07. The molecule has 3 aromatic rings. The highest BCUT2D eigenvalue weighted by Crippen LogP contribution is 2.35. The van der Waals surface area contributed by atoms with Gasteiger partial charge in [0.2, 0.25) is 0 Å². The molecule has 0 saturated carbocycles. The van der Waals surface area contributed by atoms with Crippen molar-refractivity contribution >= 4 is 50.6 Å². The van der Waals surface area contributed by atoms with Crippen molar-refractivity contribution in [1.29, 1.82) is 0 Å². The number of carbonyl (C=O) groups is 1. The lowest BCUT2D eigenvalue weighted by atomic mass is 10.2. The van der Waals surface area contributed by atoms with Crippen LogP contribution < -0.4 is 5.32 Å². The van der Waals surface area contributed by atoms with Gasteiger partial charge in [-0.3, -0.25) is 0 Å². The Morgan fingerprint density at radius 2 is 2.12 bits per heavy atom. The van der Waals surface area contributed by atoms with Crippen LogP contribution in [0.5, 0.6) is 0 Å². The zero-order valence-electron chi connectivity index (χ0n) is 13.8. The third-order valence-corrected chi connectivity index (χ3v) is 4.91. The lowest BCUT2D eigenvalue weighted by molar-refractivity contribution is 0.0383. The van der Waals surface area contributed by atoms with Gasteiger partial charge in [0.1, 0.15) is 27.7 Å². The number of nitrogens with zero attached hydrogens (tertiary/aromatic N) is 2. The largest absolute Gasteiger partial charge is 0.459 e. The number of benzene rings is 1. The number of anilines is 2. The second kappa shape index (κ2) is 6.93. The van der Waals surface area contributed by atoms with Gasteiger partial charge in [-0.2, -0.15) is 0 Å². The Hall–Kier alpha value is -2.25. The third-order valence-electron chi connectivity index (χ3n) is 3.44. The molecule has 3 rings (SSSR count). The van der Waals surface area contributed by atoms with Crippen LogP contribution in [-0.4, -0.2) is 22.0 Å². The fourth-order valence-corrected chi connectivity index (χ4v) is 3.55. The van der Waals surface area contributed by atoms with Crippen LogP contribution in [0.4, 0.5) is 15.9 Å². The van der Waals surface area contributed by atoms with Gasteiger partial charge in [-0.25, -0.2) is 19.2 Å². The Kier molecular flexibility index (Phi) is 4.87. The second-order valence-electron chi connectivity index (χ2n) is 5.67. The van der Waals surface area contributed by atoms with E-state index in [2.05, 4.69) is 15.3 Å². The van der Waals surface area contributed by atoms with E-state index >= 15 is 0 Å². The molecule has 0 aliphatic carbocycles. The summed E-state index contributed by atoms with van der Waals surface area (Å²) in [6, 6.07) is 4.31. The van der Waals surface area contributed by atoms with Gasteiger partial charge in [0.15, 0.2) is 0 Å². The highest BCUT2D eigenvalue weighted by Gasteiger charge is 2.21. The Balaban J connectivity index is 2.03. The molecule has 2 heterocycles. The molecule has 1 N–H and O–H groups in total. The average Bonchev–Trinajstić information content (AvgIpc) is 2.88. The summed E-state index contributed by atoms with van der Waals surface area (Å²) in [5, 5.41) is 3.84. The van der Waals surface area contributed by atoms with Crippen molar-refractivity contribution in [2.45, 2.75) is 26.9 Å². The van der Waals surface area contributed by atoms with Gasteiger partial charge in [-0.05, 0) is 44.5 Å². The van der Waals surface area contributed by atoms with Gasteiger partial charge in [0.05, 0.1) is 16.5 Å². The Labute approximate surface area is 152 Å². The summed E-state index contributed by atoms with van der Waals surface area (Å²) in [7, 11) is 0. The smallest absolute Gasteiger partial charge is 0.348 e. The van der Waals surface area contributed by atoms with Crippen molar-refractivity contribution in [1.82, 2.24) is 9.97 Å². The van der Waals surface area contributed by atoms with E-state index in [9.17, 15) is 9.18 Å². The van der Waals surface area contributed by atoms with E-state index in [0.717, 1.165) is 10.9 Å². The minimum atomic E-state index is -0.495. The van der Waals surface area contributed by atoms with Gasteiger partial charge in [-0.1, -0.05) is 11.6 Å². The first-order valence-electron chi connectivity index (χ1n) is 7.54. The van der Waals surface area contributed by atoms with E-state index in [4.69, 9.17) is 16.3 Å². The van der Waals surface area contributed by atoms with Crippen LogP contribution in [0.25, 0.3) is 10.2 Å². The third kappa shape index (κ3) is 3.57. The van der Waals surface area contributed by atoms with Crippen molar-refractivity contribution in [3.8, 4) is 0 Å². The van der Waals surface area contributed by atoms with Crippen molar-refractivity contribution in [2.75, 3.05) is 5.32 Å². The number of esters is 1. The number of thiophene rings is 1. The van der Waals surface area contributed by atoms with Crippen molar-refractivity contribution in [2.24, 2.45) is 0 Å². The van der Waals surface area contributed by atoms with E-state index in [0.29, 0.717) is 21.2 Å².